The quantitative estimate of drug-likeness (QED) is 0.624. The van der Waals surface area contributed by atoms with Crippen molar-refractivity contribution in [1.82, 2.24) is 0 Å². The van der Waals surface area contributed by atoms with Crippen LogP contribution in [0.25, 0.3) is 11.1 Å². The van der Waals surface area contributed by atoms with Crippen LogP contribution in [0.2, 0.25) is 0 Å². The Morgan fingerprint density at radius 3 is 1.06 bits per heavy atom. The molecule has 0 aliphatic heterocycles. The molecule has 0 aliphatic rings. The molecule has 0 fully saturated rings. The zero-order valence-corrected chi connectivity index (χ0v) is 13.2. The Balaban J connectivity index is 0.00000112. The van der Waals surface area contributed by atoms with Crippen LogP contribution in [0.1, 0.15) is 11.1 Å². The van der Waals surface area contributed by atoms with Gasteiger partial charge in [-0.1, -0.05) is 0 Å². The standard InChI is InChI=1S/C14H12.V.W/c1-11-3-7-13(8-4-11)14-9-5-12(2)6-10-14;;/h3-10H,1-2H2;;/q-2;;. The van der Waals surface area contributed by atoms with Gasteiger partial charge in [-0.15, -0.1) is 24.3 Å². The molecule has 2 heteroatoms. The zero-order valence-electron chi connectivity index (χ0n) is 8.89. The molecule has 2 aromatic rings. The van der Waals surface area contributed by atoms with Crippen molar-refractivity contribution in [2.75, 3.05) is 0 Å². The van der Waals surface area contributed by atoms with E-state index in [2.05, 4.69) is 38.1 Å². The van der Waals surface area contributed by atoms with Crippen molar-refractivity contribution >= 4 is 0 Å². The monoisotopic (exact) mass is 415 g/mol. The maximum atomic E-state index is 3.86. The topological polar surface area (TPSA) is 0 Å². The molecule has 0 aromatic heterocycles. The van der Waals surface area contributed by atoms with Crippen LogP contribution < -0.4 is 0 Å². The summed E-state index contributed by atoms with van der Waals surface area (Å²) in [5.41, 5.74) is 4.53. The normalized spacial score (nSPS) is 8.75. The fourth-order valence-corrected chi connectivity index (χ4v) is 1.39. The summed E-state index contributed by atoms with van der Waals surface area (Å²) in [7, 11) is 0. The fourth-order valence-electron chi connectivity index (χ4n) is 1.39. The SMILES string of the molecule is [CH2-]c1ccc(-c2ccc([CH2-])cc2)cc1.[V].[W]. The van der Waals surface area contributed by atoms with Crippen molar-refractivity contribution in [3.05, 3.63) is 73.5 Å². The Labute approximate surface area is 124 Å². The first-order chi connectivity index (χ1) is 6.75. The van der Waals surface area contributed by atoms with E-state index < -0.39 is 0 Å². The molecular formula is C14H12VW-2. The average Bonchev–Trinajstić information content (AvgIpc) is 2.21. The number of rotatable bonds is 1. The maximum absolute atomic E-state index is 3.86. The van der Waals surface area contributed by atoms with E-state index in [-0.39, 0.29) is 39.6 Å². The van der Waals surface area contributed by atoms with Gasteiger partial charge < -0.3 is 0 Å². The minimum Gasteiger partial charge on any atom is -0.199 e. The van der Waals surface area contributed by atoms with E-state index in [1.54, 1.807) is 0 Å². The fraction of sp³-hybridized carbons (Fsp3) is 0. The summed E-state index contributed by atoms with van der Waals surface area (Å²) < 4.78 is 0. The first-order valence-electron chi connectivity index (χ1n) is 4.60. The van der Waals surface area contributed by atoms with E-state index in [1.165, 1.54) is 11.1 Å². The van der Waals surface area contributed by atoms with Crippen LogP contribution in [0.15, 0.2) is 48.5 Å². The molecule has 2 aromatic carbocycles. The molecule has 0 heterocycles. The smallest absolute Gasteiger partial charge is 0 e. The molecule has 0 spiro atoms. The van der Waals surface area contributed by atoms with E-state index in [0.29, 0.717) is 0 Å². The second kappa shape index (κ2) is 6.91. The molecule has 0 unspecified atom stereocenters. The summed E-state index contributed by atoms with van der Waals surface area (Å²) >= 11 is 0. The number of benzene rings is 2. The van der Waals surface area contributed by atoms with Crippen molar-refractivity contribution in [3.8, 4) is 11.1 Å². The summed E-state index contributed by atoms with van der Waals surface area (Å²) in [6, 6.07) is 16.4. The van der Waals surface area contributed by atoms with E-state index in [1.807, 2.05) is 24.3 Å². The van der Waals surface area contributed by atoms with Crippen molar-refractivity contribution < 1.29 is 39.6 Å². The molecule has 16 heavy (non-hydrogen) atoms. The summed E-state index contributed by atoms with van der Waals surface area (Å²) in [5.74, 6) is 0. The second-order valence-corrected chi connectivity index (χ2v) is 3.39. The van der Waals surface area contributed by atoms with Gasteiger partial charge in [-0.25, -0.2) is 0 Å². The van der Waals surface area contributed by atoms with Gasteiger partial charge >= 0.3 is 0 Å². The van der Waals surface area contributed by atoms with Gasteiger partial charge in [0.25, 0.3) is 0 Å². The summed E-state index contributed by atoms with van der Waals surface area (Å²) in [5, 5.41) is 0. The molecule has 0 atom stereocenters. The summed E-state index contributed by atoms with van der Waals surface area (Å²) in [4.78, 5) is 0. The Kier molecular flexibility index (Phi) is 6.68. The predicted molar refractivity (Wildman–Crippen MR) is 60.8 cm³/mol. The van der Waals surface area contributed by atoms with Gasteiger partial charge in [0, 0.05) is 39.6 Å². The molecule has 81 valence electrons. The Bertz CT molecular complexity index is 374. The summed E-state index contributed by atoms with van der Waals surface area (Å²) in [6.07, 6.45) is 0. The second-order valence-electron chi connectivity index (χ2n) is 3.39. The van der Waals surface area contributed by atoms with Crippen LogP contribution in [0.3, 0.4) is 0 Å². The zero-order chi connectivity index (χ0) is 9.97. The number of hydrogen-bond acceptors (Lipinski definition) is 0. The molecule has 0 saturated heterocycles. The molecule has 2 rings (SSSR count). The van der Waals surface area contributed by atoms with Gasteiger partial charge in [0.1, 0.15) is 0 Å². The Morgan fingerprint density at radius 2 is 0.812 bits per heavy atom. The molecule has 0 bridgehead atoms. The van der Waals surface area contributed by atoms with E-state index in [9.17, 15) is 0 Å². The van der Waals surface area contributed by atoms with Crippen LogP contribution in [-0.2, 0) is 39.6 Å². The largest absolute Gasteiger partial charge is 0.199 e. The van der Waals surface area contributed by atoms with Crippen LogP contribution in [-0.4, -0.2) is 0 Å². The first kappa shape index (κ1) is 15.5. The van der Waals surface area contributed by atoms with Gasteiger partial charge in [-0.3, -0.25) is 0 Å². The third-order valence-corrected chi connectivity index (χ3v) is 2.24. The third kappa shape index (κ3) is 3.79. The molecule has 0 nitrogen and oxygen atoms in total. The van der Waals surface area contributed by atoms with Crippen LogP contribution >= 0.6 is 0 Å². The van der Waals surface area contributed by atoms with E-state index in [0.717, 1.165) is 11.1 Å². The first-order valence-corrected chi connectivity index (χ1v) is 4.60. The van der Waals surface area contributed by atoms with Crippen molar-refractivity contribution in [1.29, 1.82) is 0 Å². The molecular weight excluding hydrogens is 403 g/mol. The third-order valence-electron chi connectivity index (χ3n) is 2.24. The van der Waals surface area contributed by atoms with Gasteiger partial charge in [0.2, 0.25) is 0 Å². The molecule has 0 saturated carbocycles. The van der Waals surface area contributed by atoms with Crippen molar-refractivity contribution in [2.45, 2.75) is 0 Å². The Hall–Kier alpha value is -0.547. The molecule has 0 amide bonds. The van der Waals surface area contributed by atoms with Gasteiger partial charge in [0.15, 0.2) is 0 Å². The van der Waals surface area contributed by atoms with E-state index in [4.69, 9.17) is 0 Å². The molecule has 0 aliphatic carbocycles. The summed E-state index contributed by atoms with van der Waals surface area (Å²) in [6.45, 7) is 7.72. The minimum absolute atomic E-state index is 0. The van der Waals surface area contributed by atoms with Crippen molar-refractivity contribution in [3.63, 3.8) is 0 Å². The van der Waals surface area contributed by atoms with Gasteiger partial charge in [-0.05, 0) is 11.1 Å². The van der Waals surface area contributed by atoms with Gasteiger partial charge in [-0.2, -0.15) is 49.2 Å². The molecule has 0 N–H and O–H groups in total. The number of hydrogen-bond donors (Lipinski definition) is 0. The van der Waals surface area contributed by atoms with Crippen LogP contribution in [0, 0.1) is 13.8 Å². The van der Waals surface area contributed by atoms with Crippen LogP contribution in [0.4, 0.5) is 0 Å². The van der Waals surface area contributed by atoms with E-state index >= 15 is 0 Å². The van der Waals surface area contributed by atoms with Gasteiger partial charge in [0.05, 0.1) is 0 Å². The maximum Gasteiger partial charge on any atom is 0 e. The van der Waals surface area contributed by atoms with Crippen molar-refractivity contribution in [2.24, 2.45) is 0 Å². The predicted octanol–water partition coefficient (Wildman–Crippen LogP) is 3.71. The average molecular weight is 415 g/mol. The Morgan fingerprint density at radius 1 is 0.562 bits per heavy atom. The van der Waals surface area contributed by atoms with Crippen LogP contribution in [0.5, 0.6) is 0 Å². The minimum atomic E-state index is 0. The molecule has 1 radical (unpaired) electrons.